The van der Waals surface area contributed by atoms with Crippen molar-refractivity contribution in [3.05, 3.63) is 109 Å². The summed E-state index contributed by atoms with van der Waals surface area (Å²) in [7, 11) is 0. The Hall–Kier alpha value is -4.16. The minimum Gasteiger partial charge on any atom is -0.490 e. The second kappa shape index (κ2) is 13.5. The number of fused-ring (bicyclic) bond motifs is 1. The molecule has 2 aliphatic rings. The first-order valence-electron chi connectivity index (χ1n) is 15.6. The molecule has 1 aliphatic carbocycles. The molecule has 5 aromatic rings. The van der Waals surface area contributed by atoms with E-state index < -0.39 is 0 Å². The molecule has 0 bridgehead atoms. The lowest BCUT2D eigenvalue weighted by Crippen LogP contribution is -2.34. The Morgan fingerprint density at radius 2 is 1.78 bits per heavy atom. The van der Waals surface area contributed by atoms with E-state index in [0.717, 1.165) is 48.3 Å². The average Bonchev–Trinajstić information content (AvgIpc) is 3.77. The molecule has 4 heterocycles. The second-order valence-electron chi connectivity index (χ2n) is 11.7. The molecular formula is C36H34ClN5O2S. The molecule has 3 aromatic heterocycles. The molecule has 7 nitrogen and oxygen atoms in total. The normalized spacial score (nSPS) is 15.6. The van der Waals surface area contributed by atoms with Gasteiger partial charge in [0.25, 0.3) is 5.56 Å². The van der Waals surface area contributed by atoms with Gasteiger partial charge in [-0.05, 0) is 116 Å². The van der Waals surface area contributed by atoms with E-state index in [1.165, 1.54) is 36.1 Å². The highest BCUT2D eigenvalue weighted by Gasteiger charge is 2.22. The van der Waals surface area contributed by atoms with Gasteiger partial charge in [-0.3, -0.25) is 9.36 Å². The molecule has 0 spiro atoms. The number of thiophene rings is 1. The van der Waals surface area contributed by atoms with E-state index in [-0.39, 0.29) is 11.7 Å². The van der Waals surface area contributed by atoms with Gasteiger partial charge in [-0.2, -0.15) is 4.98 Å². The number of nitrogens with zero attached hydrogens (tertiary/aromatic N) is 3. The largest absolute Gasteiger partial charge is 0.490 e. The van der Waals surface area contributed by atoms with E-state index >= 15 is 0 Å². The smallest absolute Gasteiger partial charge is 0.268 e. The van der Waals surface area contributed by atoms with Crippen LogP contribution < -0.4 is 20.9 Å². The van der Waals surface area contributed by atoms with Crippen molar-refractivity contribution in [2.75, 3.05) is 18.4 Å². The van der Waals surface area contributed by atoms with Crippen molar-refractivity contribution in [2.24, 2.45) is 0 Å². The van der Waals surface area contributed by atoms with E-state index in [0.29, 0.717) is 34.6 Å². The highest BCUT2D eigenvalue weighted by atomic mass is 35.5. The summed E-state index contributed by atoms with van der Waals surface area (Å²) in [5.41, 5.74) is 3.61. The molecular weight excluding hydrogens is 602 g/mol. The minimum absolute atomic E-state index is 0.170. The zero-order valence-electron chi connectivity index (χ0n) is 24.9. The van der Waals surface area contributed by atoms with Crippen molar-refractivity contribution >= 4 is 45.6 Å². The fourth-order valence-corrected chi connectivity index (χ4v) is 7.39. The number of pyridine rings is 1. The van der Waals surface area contributed by atoms with Crippen LogP contribution in [0.2, 0.25) is 5.02 Å². The molecule has 2 aromatic carbocycles. The van der Waals surface area contributed by atoms with Crippen LogP contribution in [-0.4, -0.2) is 33.7 Å². The van der Waals surface area contributed by atoms with Gasteiger partial charge in [-0.25, -0.2) is 4.98 Å². The van der Waals surface area contributed by atoms with Gasteiger partial charge in [0.2, 0.25) is 5.95 Å². The van der Waals surface area contributed by atoms with Crippen LogP contribution in [0.1, 0.15) is 66.0 Å². The third-order valence-electron chi connectivity index (χ3n) is 8.55. The fraction of sp³-hybridized carbons (Fsp3) is 0.306. The monoisotopic (exact) mass is 635 g/mol. The molecule has 1 saturated carbocycles. The molecule has 9 heteroatoms. The van der Waals surface area contributed by atoms with Crippen molar-refractivity contribution in [3.63, 3.8) is 0 Å². The van der Waals surface area contributed by atoms with Crippen molar-refractivity contribution in [2.45, 2.75) is 57.1 Å². The summed E-state index contributed by atoms with van der Waals surface area (Å²) in [5.74, 6) is 8.06. The summed E-state index contributed by atoms with van der Waals surface area (Å²) >= 11 is 7.84. The number of halogens is 1. The Kier molecular flexibility index (Phi) is 8.83. The lowest BCUT2D eigenvalue weighted by molar-refractivity contribution is 0.162. The predicted molar refractivity (Wildman–Crippen MR) is 182 cm³/mol. The number of anilines is 2. The zero-order chi connectivity index (χ0) is 30.6. The van der Waals surface area contributed by atoms with Gasteiger partial charge in [-0.15, -0.1) is 11.3 Å². The number of hydrogen-bond donors (Lipinski definition) is 2. The first-order valence-corrected chi connectivity index (χ1v) is 16.8. The van der Waals surface area contributed by atoms with Crippen LogP contribution >= 0.6 is 22.9 Å². The Labute approximate surface area is 271 Å². The van der Waals surface area contributed by atoms with Crippen molar-refractivity contribution in [1.29, 1.82) is 0 Å². The third-order valence-corrected chi connectivity index (χ3v) is 9.92. The Morgan fingerprint density at radius 3 is 2.56 bits per heavy atom. The van der Waals surface area contributed by atoms with E-state index in [2.05, 4.69) is 38.9 Å². The maximum Gasteiger partial charge on any atom is 0.268 e. The topological polar surface area (TPSA) is 81.1 Å². The highest BCUT2D eigenvalue weighted by Crippen LogP contribution is 2.39. The highest BCUT2D eigenvalue weighted by molar-refractivity contribution is 7.10. The van der Waals surface area contributed by atoms with Gasteiger partial charge in [0.05, 0.1) is 12.1 Å². The number of rotatable bonds is 7. The number of nitrogens with one attached hydrogen (secondary N) is 2. The maximum atomic E-state index is 14.0. The molecule has 7 rings (SSSR count). The van der Waals surface area contributed by atoms with Crippen LogP contribution in [0.3, 0.4) is 0 Å². The Balaban J connectivity index is 1.21. The number of piperidine rings is 1. The second-order valence-corrected chi connectivity index (χ2v) is 13.1. The molecule has 1 saturated heterocycles. The summed E-state index contributed by atoms with van der Waals surface area (Å²) in [5, 5.41) is 10.2. The molecule has 1 aliphatic heterocycles. The molecule has 0 atom stereocenters. The van der Waals surface area contributed by atoms with Gasteiger partial charge in [0, 0.05) is 32.7 Å². The number of aromatic nitrogens is 3. The molecule has 228 valence electrons. The first kappa shape index (κ1) is 29.5. The van der Waals surface area contributed by atoms with Gasteiger partial charge < -0.3 is 15.4 Å². The fourth-order valence-electron chi connectivity index (χ4n) is 6.17. The maximum absolute atomic E-state index is 14.0. The van der Waals surface area contributed by atoms with Crippen LogP contribution in [0.5, 0.6) is 5.75 Å². The molecule has 0 amide bonds. The summed E-state index contributed by atoms with van der Waals surface area (Å²) in [6.45, 7) is 2.40. The lowest BCUT2D eigenvalue weighted by Gasteiger charge is -2.23. The van der Waals surface area contributed by atoms with Crippen LogP contribution in [0, 0.1) is 11.8 Å². The number of hydrogen-bond acceptors (Lipinski definition) is 7. The first-order chi connectivity index (χ1) is 22.1. The van der Waals surface area contributed by atoms with Crippen molar-refractivity contribution in [1.82, 2.24) is 19.9 Å². The summed E-state index contributed by atoms with van der Waals surface area (Å²) in [6, 6.07) is 19.1. The summed E-state index contributed by atoms with van der Waals surface area (Å²) in [6.07, 6.45) is 8.93. The van der Waals surface area contributed by atoms with Crippen LogP contribution in [-0.2, 0) is 6.54 Å². The lowest BCUT2D eigenvalue weighted by atomic mass is 10.0. The van der Waals surface area contributed by atoms with Gasteiger partial charge in [0.1, 0.15) is 17.5 Å². The van der Waals surface area contributed by atoms with E-state index in [1.807, 2.05) is 36.4 Å². The number of benzene rings is 2. The summed E-state index contributed by atoms with van der Waals surface area (Å²) in [4.78, 5) is 24.9. The summed E-state index contributed by atoms with van der Waals surface area (Å²) < 4.78 is 7.91. The van der Waals surface area contributed by atoms with E-state index in [1.54, 1.807) is 40.3 Å². The van der Waals surface area contributed by atoms with E-state index in [4.69, 9.17) is 21.3 Å². The predicted octanol–water partition coefficient (Wildman–Crippen LogP) is 7.49. The molecule has 45 heavy (non-hydrogen) atoms. The molecule has 0 unspecified atom stereocenters. The quantitative estimate of drug-likeness (QED) is 0.180. The van der Waals surface area contributed by atoms with Crippen molar-refractivity contribution < 1.29 is 4.74 Å². The number of ether oxygens (including phenoxy) is 1. The van der Waals surface area contributed by atoms with E-state index in [9.17, 15) is 4.79 Å². The van der Waals surface area contributed by atoms with Gasteiger partial charge >= 0.3 is 0 Å². The zero-order valence-corrected chi connectivity index (χ0v) is 26.5. The molecule has 2 fully saturated rings. The van der Waals surface area contributed by atoms with Gasteiger partial charge in [-0.1, -0.05) is 36.3 Å². The molecule has 2 N–H and O–H groups in total. The van der Waals surface area contributed by atoms with Crippen molar-refractivity contribution in [3.8, 4) is 17.6 Å². The Morgan fingerprint density at radius 1 is 1.00 bits per heavy atom. The van der Waals surface area contributed by atoms with Gasteiger partial charge in [0.15, 0.2) is 0 Å². The van der Waals surface area contributed by atoms with Crippen LogP contribution in [0.25, 0.3) is 11.0 Å². The minimum atomic E-state index is -0.170. The standard InChI is InChI=1S/C36H34ClN5O2S/c37-29-9-6-24(7-10-29)5-8-26-21-28-22-39-36(40-30-11-13-31(14-12-30)44-32-15-18-38-19-16-32)41-34(28)42(35(26)43)23-27-17-20-45-33(27)25-3-1-2-4-25/h6-7,9-14,17,20-22,25,32,38H,1-4,15-16,18-19,23H2,(H,39,40,41). The average molecular weight is 636 g/mol. The third kappa shape index (κ3) is 6.91. The van der Waals surface area contributed by atoms with Crippen LogP contribution in [0.4, 0.5) is 11.6 Å². The Bertz CT molecular complexity index is 1910. The molecule has 0 radical (unpaired) electrons. The SMILES string of the molecule is O=c1c(C#Cc2ccc(Cl)cc2)cc2cnc(Nc3ccc(OC4CCNCC4)cc3)nc2n1Cc1ccsc1C1CCCC1. The van der Waals surface area contributed by atoms with Crippen LogP contribution in [0.15, 0.2) is 77.0 Å².